The number of guanidine groups is 1. The van der Waals surface area contributed by atoms with Gasteiger partial charge < -0.3 is 5.32 Å². The van der Waals surface area contributed by atoms with Crippen molar-refractivity contribution < 1.29 is 4.39 Å². The molecule has 1 atom stereocenters. The molecule has 0 aliphatic carbocycles. The maximum absolute atomic E-state index is 13.4. The van der Waals surface area contributed by atoms with Gasteiger partial charge in [-0.2, -0.15) is 0 Å². The Morgan fingerprint density at radius 1 is 1.04 bits per heavy atom. The lowest BCUT2D eigenvalue weighted by Crippen LogP contribution is -2.37. The largest absolute Gasteiger partial charge is 0.326 e. The molecule has 1 aliphatic rings. The minimum absolute atomic E-state index is 0.224. The summed E-state index contributed by atoms with van der Waals surface area (Å²) in [6.45, 7) is 5.85. The van der Waals surface area contributed by atoms with E-state index in [1.807, 2.05) is 25.1 Å². The Morgan fingerprint density at radius 2 is 1.79 bits per heavy atom. The third-order valence-corrected chi connectivity index (χ3v) is 4.74. The van der Waals surface area contributed by atoms with Gasteiger partial charge in [0.1, 0.15) is 5.82 Å². The molecule has 0 spiro atoms. The van der Waals surface area contributed by atoms with Crippen molar-refractivity contribution >= 4 is 17.6 Å². The monoisotopic (exact) mass is 377 g/mol. The summed E-state index contributed by atoms with van der Waals surface area (Å²) in [5.41, 5.74) is 4.30. The first kappa shape index (κ1) is 17.9. The van der Waals surface area contributed by atoms with Crippen molar-refractivity contribution in [3.63, 3.8) is 0 Å². The third-order valence-electron chi connectivity index (χ3n) is 4.74. The van der Waals surface area contributed by atoms with E-state index in [2.05, 4.69) is 27.5 Å². The van der Waals surface area contributed by atoms with Gasteiger partial charge in [0, 0.05) is 17.4 Å². The molecule has 4 rings (SSSR count). The van der Waals surface area contributed by atoms with Crippen molar-refractivity contribution in [3.8, 4) is 0 Å². The Morgan fingerprint density at radius 3 is 2.50 bits per heavy atom. The van der Waals surface area contributed by atoms with Crippen molar-refractivity contribution in [1.29, 1.82) is 0 Å². The number of aliphatic imine (C=N–C) groups is 1. The fraction of sp³-hybridized carbons (Fsp3) is 0.190. The van der Waals surface area contributed by atoms with Gasteiger partial charge in [0.2, 0.25) is 11.9 Å². The second-order valence-corrected chi connectivity index (χ2v) is 6.88. The predicted octanol–water partition coefficient (Wildman–Crippen LogP) is 3.75. The first-order valence-corrected chi connectivity index (χ1v) is 8.95. The zero-order valence-corrected chi connectivity index (χ0v) is 15.8. The van der Waals surface area contributed by atoms with Crippen LogP contribution < -0.4 is 16.2 Å². The van der Waals surface area contributed by atoms with E-state index in [0.29, 0.717) is 23.2 Å². The SMILES string of the molecule is Cc1cc(=O)n2c(n1)NC(Nc1ccc(C)c(C)c1)=N[C@H]2c1ccc(F)cc1. The number of hydrogen-bond donors (Lipinski definition) is 2. The van der Waals surface area contributed by atoms with E-state index in [9.17, 15) is 9.18 Å². The number of fused-ring (bicyclic) bond motifs is 1. The number of nitrogens with zero attached hydrogens (tertiary/aromatic N) is 3. The zero-order chi connectivity index (χ0) is 19.8. The normalized spacial score (nSPS) is 15.4. The summed E-state index contributed by atoms with van der Waals surface area (Å²) in [5, 5.41) is 6.34. The van der Waals surface area contributed by atoms with Crippen LogP contribution in [0.4, 0.5) is 16.0 Å². The molecule has 0 saturated heterocycles. The molecule has 0 bridgehead atoms. The van der Waals surface area contributed by atoms with E-state index in [4.69, 9.17) is 0 Å². The lowest BCUT2D eigenvalue weighted by Gasteiger charge is -2.27. The molecule has 6 nitrogen and oxygen atoms in total. The van der Waals surface area contributed by atoms with E-state index in [-0.39, 0.29) is 11.4 Å². The fourth-order valence-corrected chi connectivity index (χ4v) is 3.13. The van der Waals surface area contributed by atoms with Crippen LogP contribution in [0.3, 0.4) is 0 Å². The average molecular weight is 377 g/mol. The predicted molar refractivity (Wildman–Crippen MR) is 108 cm³/mol. The Hall–Kier alpha value is -3.48. The Kier molecular flexibility index (Phi) is 4.43. The number of benzene rings is 2. The van der Waals surface area contributed by atoms with Gasteiger partial charge in [-0.1, -0.05) is 18.2 Å². The molecule has 28 heavy (non-hydrogen) atoms. The van der Waals surface area contributed by atoms with Crippen molar-refractivity contribution in [2.45, 2.75) is 26.9 Å². The number of nitrogens with one attached hydrogen (secondary N) is 2. The molecular weight excluding hydrogens is 357 g/mol. The first-order valence-electron chi connectivity index (χ1n) is 8.95. The average Bonchev–Trinajstić information content (AvgIpc) is 2.64. The molecule has 142 valence electrons. The molecule has 0 unspecified atom stereocenters. The molecule has 1 aromatic heterocycles. The molecule has 1 aliphatic heterocycles. The molecule has 0 radical (unpaired) electrons. The van der Waals surface area contributed by atoms with Crippen LogP contribution in [-0.2, 0) is 0 Å². The van der Waals surface area contributed by atoms with Crippen LogP contribution in [0.1, 0.15) is 28.6 Å². The molecule has 2 aromatic carbocycles. The van der Waals surface area contributed by atoms with Gasteiger partial charge in [0.05, 0.1) is 0 Å². The topological polar surface area (TPSA) is 71.3 Å². The summed E-state index contributed by atoms with van der Waals surface area (Å²) in [4.78, 5) is 21.7. The van der Waals surface area contributed by atoms with Gasteiger partial charge in [0.15, 0.2) is 6.17 Å². The number of hydrogen-bond acceptors (Lipinski definition) is 5. The van der Waals surface area contributed by atoms with Crippen LogP contribution in [0, 0.1) is 26.6 Å². The van der Waals surface area contributed by atoms with Gasteiger partial charge in [-0.3, -0.25) is 14.7 Å². The third kappa shape index (κ3) is 3.38. The van der Waals surface area contributed by atoms with Crippen LogP contribution in [0.15, 0.2) is 58.3 Å². The molecule has 0 amide bonds. The number of anilines is 2. The number of aryl methyl sites for hydroxylation is 3. The first-order chi connectivity index (χ1) is 13.4. The van der Waals surface area contributed by atoms with Crippen molar-refractivity contribution in [2.24, 2.45) is 4.99 Å². The van der Waals surface area contributed by atoms with Crippen molar-refractivity contribution in [2.75, 3.05) is 10.6 Å². The lowest BCUT2D eigenvalue weighted by atomic mass is 10.1. The van der Waals surface area contributed by atoms with Crippen LogP contribution in [0.2, 0.25) is 0 Å². The van der Waals surface area contributed by atoms with Crippen LogP contribution in [0.25, 0.3) is 0 Å². The highest BCUT2D eigenvalue weighted by atomic mass is 19.1. The molecule has 0 fully saturated rings. The Bertz CT molecular complexity index is 1130. The van der Waals surface area contributed by atoms with E-state index in [1.54, 1.807) is 19.1 Å². The van der Waals surface area contributed by atoms with E-state index >= 15 is 0 Å². The van der Waals surface area contributed by atoms with Gasteiger partial charge >= 0.3 is 0 Å². The molecule has 7 heteroatoms. The summed E-state index contributed by atoms with van der Waals surface area (Å²) < 4.78 is 14.8. The summed E-state index contributed by atoms with van der Waals surface area (Å²) in [6.07, 6.45) is -0.647. The summed E-state index contributed by atoms with van der Waals surface area (Å²) in [6, 6.07) is 13.4. The number of rotatable bonds is 2. The Labute approximate surface area is 161 Å². The Balaban J connectivity index is 1.78. The quantitative estimate of drug-likeness (QED) is 0.714. The van der Waals surface area contributed by atoms with E-state index in [1.165, 1.54) is 28.3 Å². The van der Waals surface area contributed by atoms with Crippen LogP contribution in [-0.4, -0.2) is 15.5 Å². The summed E-state index contributed by atoms with van der Waals surface area (Å²) in [7, 11) is 0. The fourth-order valence-electron chi connectivity index (χ4n) is 3.13. The summed E-state index contributed by atoms with van der Waals surface area (Å²) in [5.74, 6) is 0.514. The smallest absolute Gasteiger partial charge is 0.257 e. The van der Waals surface area contributed by atoms with Crippen molar-refractivity contribution in [3.05, 3.63) is 87.1 Å². The maximum atomic E-state index is 13.4. The molecule has 3 aromatic rings. The minimum Gasteiger partial charge on any atom is -0.326 e. The zero-order valence-electron chi connectivity index (χ0n) is 15.8. The van der Waals surface area contributed by atoms with Gasteiger partial charge in [0.25, 0.3) is 5.56 Å². The van der Waals surface area contributed by atoms with Crippen LogP contribution >= 0.6 is 0 Å². The molecule has 2 N–H and O–H groups in total. The minimum atomic E-state index is -0.647. The van der Waals surface area contributed by atoms with Crippen LogP contribution in [0.5, 0.6) is 0 Å². The molecular formula is C21H20FN5O. The molecule has 2 heterocycles. The van der Waals surface area contributed by atoms with Gasteiger partial charge in [-0.15, -0.1) is 0 Å². The second-order valence-electron chi connectivity index (χ2n) is 6.88. The number of aromatic nitrogens is 2. The highest BCUT2D eigenvalue weighted by Gasteiger charge is 2.25. The summed E-state index contributed by atoms with van der Waals surface area (Å²) >= 11 is 0. The van der Waals surface area contributed by atoms with Gasteiger partial charge in [-0.25, -0.2) is 14.4 Å². The second kappa shape index (κ2) is 6.92. The highest BCUT2D eigenvalue weighted by Crippen LogP contribution is 2.26. The standard InChI is InChI=1S/C21H20FN5O/c1-12-4-9-17(10-13(12)2)24-20-25-19(15-5-7-16(22)8-6-15)27-18(28)11-14(3)23-21(27)26-20/h4-11,19H,1-3H3,(H2,23,24,25,26)/t19-/m1/s1. The van der Waals surface area contributed by atoms with Crippen molar-refractivity contribution in [1.82, 2.24) is 9.55 Å². The highest BCUT2D eigenvalue weighted by molar-refractivity contribution is 6.03. The molecule has 0 saturated carbocycles. The van der Waals surface area contributed by atoms with Gasteiger partial charge in [-0.05, 0) is 61.7 Å². The lowest BCUT2D eigenvalue weighted by molar-refractivity contribution is 0.573. The maximum Gasteiger partial charge on any atom is 0.257 e. The van der Waals surface area contributed by atoms with E-state index in [0.717, 1.165) is 11.3 Å². The number of halogens is 1. The van der Waals surface area contributed by atoms with E-state index < -0.39 is 6.17 Å².